The summed E-state index contributed by atoms with van der Waals surface area (Å²) in [5, 5.41) is 4.05. The molecule has 1 N–H and O–H groups in total. The molecule has 1 rings (SSSR count). The van der Waals surface area contributed by atoms with Gasteiger partial charge in [-0.05, 0) is 51.8 Å². The molecule has 1 atom stereocenters. The van der Waals surface area contributed by atoms with Crippen molar-refractivity contribution in [1.82, 2.24) is 5.32 Å². The van der Waals surface area contributed by atoms with Gasteiger partial charge in [0.05, 0.1) is 17.7 Å². The molecule has 0 fully saturated rings. The summed E-state index contributed by atoms with van der Waals surface area (Å²) in [5.74, 6) is 1.35. The van der Waals surface area contributed by atoms with Crippen molar-refractivity contribution in [1.29, 1.82) is 0 Å². The van der Waals surface area contributed by atoms with Gasteiger partial charge in [0.2, 0.25) is 0 Å². The third-order valence-corrected chi connectivity index (χ3v) is 3.27. The first-order valence-corrected chi connectivity index (χ1v) is 7.70. The largest absolute Gasteiger partial charge is 0.490 e. The Balaban J connectivity index is 2.93. The Kier molecular flexibility index (Phi) is 7.17. The minimum Gasteiger partial charge on any atom is -0.490 e. The summed E-state index contributed by atoms with van der Waals surface area (Å²) in [7, 11) is 0. The van der Waals surface area contributed by atoms with Crippen LogP contribution >= 0.6 is 11.6 Å². The molecule has 1 aromatic rings. The molecule has 0 aromatic heterocycles. The highest BCUT2D eigenvalue weighted by atomic mass is 35.5. The second kappa shape index (κ2) is 8.38. The van der Waals surface area contributed by atoms with Crippen LogP contribution in [0, 0.1) is 0 Å². The molecule has 0 heterocycles. The maximum Gasteiger partial charge on any atom is 0.180 e. The van der Waals surface area contributed by atoms with E-state index in [0.717, 1.165) is 24.3 Å². The molecule has 4 heteroatoms. The number of nitrogens with one attached hydrogen (secondary N) is 1. The predicted molar refractivity (Wildman–Crippen MR) is 85.0 cm³/mol. The van der Waals surface area contributed by atoms with Crippen molar-refractivity contribution in [2.75, 3.05) is 6.61 Å². The lowest BCUT2D eigenvalue weighted by atomic mass is 10.1. The first-order chi connectivity index (χ1) is 9.47. The monoisotopic (exact) mass is 299 g/mol. The van der Waals surface area contributed by atoms with E-state index in [-0.39, 0.29) is 6.10 Å². The summed E-state index contributed by atoms with van der Waals surface area (Å²) in [6.45, 7) is 11.6. The van der Waals surface area contributed by atoms with Crippen LogP contribution in [0.3, 0.4) is 0 Å². The Morgan fingerprint density at radius 1 is 1.20 bits per heavy atom. The average Bonchev–Trinajstić information content (AvgIpc) is 2.39. The van der Waals surface area contributed by atoms with E-state index in [9.17, 15) is 0 Å². The van der Waals surface area contributed by atoms with Gasteiger partial charge in [0.1, 0.15) is 0 Å². The minimum atomic E-state index is 0.0656. The maximum absolute atomic E-state index is 6.33. The lowest BCUT2D eigenvalue weighted by Crippen LogP contribution is -2.24. The van der Waals surface area contributed by atoms with E-state index in [1.807, 2.05) is 32.9 Å². The molecule has 0 bridgehead atoms. The average molecular weight is 300 g/mol. The topological polar surface area (TPSA) is 30.5 Å². The molecule has 0 saturated heterocycles. The molecule has 114 valence electrons. The van der Waals surface area contributed by atoms with Crippen LogP contribution in [0.4, 0.5) is 0 Å². The van der Waals surface area contributed by atoms with E-state index in [4.69, 9.17) is 21.1 Å². The predicted octanol–water partition coefficient (Wildman–Crippen LogP) is 4.41. The van der Waals surface area contributed by atoms with Crippen molar-refractivity contribution < 1.29 is 9.47 Å². The Morgan fingerprint density at radius 3 is 2.45 bits per heavy atom. The van der Waals surface area contributed by atoms with Gasteiger partial charge in [0, 0.05) is 12.6 Å². The first-order valence-electron chi connectivity index (χ1n) is 7.33. The summed E-state index contributed by atoms with van der Waals surface area (Å²) in [4.78, 5) is 0. The fraction of sp³-hybridized carbons (Fsp3) is 0.625. The molecule has 1 aromatic carbocycles. The normalized spacial score (nSPS) is 12.6. The fourth-order valence-corrected chi connectivity index (χ4v) is 2.05. The lowest BCUT2D eigenvalue weighted by molar-refractivity contribution is 0.224. The molecule has 0 amide bonds. The van der Waals surface area contributed by atoms with Gasteiger partial charge < -0.3 is 14.8 Å². The molecule has 0 saturated carbocycles. The van der Waals surface area contributed by atoms with Crippen molar-refractivity contribution in [3.8, 4) is 11.5 Å². The van der Waals surface area contributed by atoms with Gasteiger partial charge in [-0.15, -0.1) is 0 Å². The smallest absolute Gasteiger partial charge is 0.180 e. The molecule has 0 radical (unpaired) electrons. The number of ether oxygens (including phenoxy) is 2. The second-order valence-corrected chi connectivity index (χ2v) is 5.60. The van der Waals surface area contributed by atoms with Crippen molar-refractivity contribution in [3.05, 3.63) is 22.7 Å². The molecule has 0 unspecified atom stereocenters. The summed E-state index contributed by atoms with van der Waals surface area (Å²) < 4.78 is 11.4. The van der Waals surface area contributed by atoms with Crippen LogP contribution in [0.1, 0.15) is 46.6 Å². The van der Waals surface area contributed by atoms with Crippen LogP contribution in [-0.4, -0.2) is 18.8 Å². The number of benzene rings is 1. The molecule has 3 nitrogen and oxygen atoms in total. The van der Waals surface area contributed by atoms with Crippen LogP contribution in [0.5, 0.6) is 11.5 Å². The fourth-order valence-electron chi connectivity index (χ4n) is 1.77. The highest BCUT2D eigenvalue weighted by Gasteiger charge is 2.14. The minimum absolute atomic E-state index is 0.0656. The number of rotatable bonds is 8. The molecule has 0 aliphatic rings. The van der Waals surface area contributed by atoms with Crippen LogP contribution in [0.15, 0.2) is 12.1 Å². The zero-order chi connectivity index (χ0) is 15.1. The third kappa shape index (κ3) is 5.22. The first kappa shape index (κ1) is 17.1. The highest BCUT2D eigenvalue weighted by Crippen LogP contribution is 2.37. The van der Waals surface area contributed by atoms with Crippen LogP contribution in [0.25, 0.3) is 0 Å². The van der Waals surface area contributed by atoms with Crippen molar-refractivity contribution in [2.24, 2.45) is 0 Å². The Bertz CT molecular complexity index is 421. The van der Waals surface area contributed by atoms with Crippen LogP contribution in [-0.2, 0) is 6.54 Å². The van der Waals surface area contributed by atoms with Crippen molar-refractivity contribution >= 4 is 11.6 Å². The molecule has 0 aliphatic carbocycles. The quantitative estimate of drug-likeness (QED) is 0.771. The van der Waals surface area contributed by atoms with Gasteiger partial charge >= 0.3 is 0 Å². The van der Waals surface area contributed by atoms with Crippen LogP contribution in [0.2, 0.25) is 5.02 Å². The van der Waals surface area contributed by atoms with Crippen molar-refractivity contribution in [3.63, 3.8) is 0 Å². The van der Waals surface area contributed by atoms with Gasteiger partial charge in [-0.25, -0.2) is 0 Å². The summed E-state index contributed by atoms with van der Waals surface area (Å²) >= 11 is 6.33. The molecule has 0 aliphatic heterocycles. The van der Waals surface area contributed by atoms with Gasteiger partial charge in [-0.1, -0.05) is 18.5 Å². The van der Waals surface area contributed by atoms with Gasteiger partial charge in [0.25, 0.3) is 0 Å². The van der Waals surface area contributed by atoms with E-state index in [1.54, 1.807) is 0 Å². The third-order valence-electron chi connectivity index (χ3n) is 2.99. The van der Waals surface area contributed by atoms with Gasteiger partial charge in [-0.2, -0.15) is 0 Å². The van der Waals surface area contributed by atoms with Crippen molar-refractivity contribution in [2.45, 2.75) is 59.7 Å². The molecule has 20 heavy (non-hydrogen) atoms. The van der Waals surface area contributed by atoms with Crippen LogP contribution < -0.4 is 14.8 Å². The van der Waals surface area contributed by atoms with E-state index in [1.165, 1.54) is 0 Å². The molecule has 0 spiro atoms. The number of hydrogen-bond donors (Lipinski definition) is 1. The maximum atomic E-state index is 6.33. The van der Waals surface area contributed by atoms with E-state index in [0.29, 0.717) is 23.4 Å². The summed E-state index contributed by atoms with van der Waals surface area (Å²) in [5.41, 5.74) is 1.11. The lowest BCUT2D eigenvalue weighted by Gasteiger charge is -2.18. The van der Waals surface area contributed by atoms with E-state index >= 15 is 0 Å². The van der Waals surface area contributed by atoms with Gasteiger partial charge in [0.15, 0.2) is 11.5 Å². The SMILES string of the molecule is CCOc1cc(CN[C@@H](C)CC)cc(Cl)c1OC(C)C. The molecular weight excluding hydrogens is 274 g/mol. The zero-order valence-corrected chi connectivity index (χ0v) is 13.9. The standard InChI is InChI=1S/C16H26ClNO2/c1-6-12(5)18-10-13-8-14(17)16(20-11(3)4)15(9-13)19-7-2/h8-9,11-12,18H,6-7,10H2,1-5H3/t12-/m0/s1. The highest BCUT2D eigenvalue weighted by molar-refractivity contribution is 6.32. The van der Waals surface area contributed by atoms with Gasteiger partial charge in [-0.3, -0.25) is 0 Å². The van der Waals surface area contributed by atoms with E-state index in [2.05, 4.69) is 19.2 Å². The number of hydrogen-bond acceptors (Lipinski definition) is 3. The number of halogens is 1. The summed E-state index contributed by atoms with van der Waals surface area (Å²) in [6, 6.07) is 4.43. The second-order valence-electron chi connectivity index (χ2n) is 5.19. The Morgan fingerprint density at radius 2 is 1.90 bits per heavy atom. The zero-order valence-electron chi connectivity index (χ0n) is 13.1. The Hall–Kier alpha value is -0.930. The summed E-state index contributed by atoms with van der Waals surface area (Å²) in [6.07, 6.45) is 1.16. The Labute approximate surface area is 127 Å². The van der Waals surface area contributed by atoms with E-state index < -0.39 is 0 Å². The molecular formula is C16H26ClNO2.